The fourth-order valence-corrected chi connectivity index (χ4v) is 2.27. The summed E-state index contributed by atoms with van der Waals surface area (Å²) in [6.07, 6.45) is 5.38. The van der Waals surface area contributed by atoms with Gasteiger partial charge in [0.2, 0.25) is 0 Å². The summed E-state index contributed by atoms with van der Waals surface area (Å²) in [7, 11) is 0. The first-order valence-corrected chi connectivity index (χ1v) is 7.70. The Morgan fingerprint density at radius 1 is 1.08 bits per heavy atom. The van der Waals surface area contributed by atoms with Gasteiger partial charge >= 0.3 is 5.97 Å². The summed E-state index contributed by atoms with van der Waals surface area (Å²) in [4.78, 5) is 14.4. The van der Waals surface area contributed by atoms with Crippen molar-refractivity contribution in [1.82, 2.24) is 14.8 Å². The van der Waals surface area contributed by atoms with E-state index in [1.54, 1.807) is 12.3 Å². The van der Waals surface area contributed by atoms with Crippen LogP contribution in [0.15, 0.2) is 73.2 Å². The van der Waals surface area contributed by atoms with Crippen LogP contribution in [0, 0.1) is 13.0 Å². The molecule has 2 heterocycles. The molecule has 0 aliphatic carbocycles. The topological polar surface area (TPSA) is 68.0 Å². The fraction of sp³-hybridized carbons (Fsp3) is 0.0500. The van der Waals surface area contributed by atoms with Crippen LogP contribution in [0.4, 0.5) is 0 Å². The van der Waals surface area contributed by atoms with Crippen molar-refractivity contribution in [2.75, 3.05) is 0 Å². The van der Waals surface area contributed by atoms with Crippen LogP contribution in [0.3, 0.4) is 0 Å². The van der Waals surface area contributed by atoms with Crippen molar-refractivity contribution in [1.29, 1.82) is 0 Å². The van der Waals surface area contributed by atoms with Crippen molar-refractivity contribution in [3.05, 3.63) is 90.5 Å². The summed E-state index contributed by atoms with van der Waals surface area (Å²) in [5.41, 5.74) is 2.22. The first-order chi connectivity index (χ1) is 12.1. The number of fused-ring (bicyclic) bond motifs is 1. The van der Waals surface area contributed by atoms with Gasteiger partial charge < -0.3 is 5.11 Å². The molecular weight excluding hydrogens is 506 g/mol. The minimum absolute atomic E-state index is 0. The number of aryl methyl sites for hydroxylation is 1. The molecule has 0 spiro atoms. The molecule has 4 rings (SSSR count). The second-order valence-electron chi connectivity index (χ2n) is 5.43. The van der Waals surface area contributed by atoms with E-state index in [1.165, 1.54) is 0 Å². The van der Waals surface area contributed by atoms with E-state index in [-0.39, 0.29) is 25.8 Å². The molecule has 0 bridgehead atoms. The van der Waals surface area contributed by atoms with E-state index in [4.69, 9.17) is 5.11 Å². The normalized spacial score (nSPS) is 9.73. The molecule has 0 saturated carbocycles. The summed E-state index contributed by atoms with van der Waals surface area (Å²) >= 11 is 0. The predicted octanol–water partition coefficient (Wildman–Crippen LogP) is 3.91. The number of aromatic carboxylic acids is 1. The van der Waals surface area contributed by atoms with Gasteiger partial charge in [-0.1, -0.05) is 24.3 Å². The van der Waals surface area contributed by atoms with Gasteiger partial charge in [-0.15, -0.1) is 6.07 Å². The molecule has 0 saturated heterocycles. The number of nitrogens with zero attached hydrogens (tertiary/aromatic N) is 3. The second kappa shape index (κ2) is 9.04. The average Bonchev–Trinajstić information content (AvgIpc) is 3.09. The molecule has 5 nitrogen and oxygen atoms in total. The molecule has 1 radical (unpaired) electrons. The Labute approximate surface area is 164 Å². The summed E-state index contributed by atoms with van der Waals surface area (Å²) in [5, 5.41) is 14.7. The Hall–Kier alpha value is -2.82. The maximum absolute atomic E-state index is 10.6. The number of carbonyl (C=O) groups is 1. The van der Waals surface area contributed by atoms with Crippen LogP contribution in [0.5, 0.6) is 0 Å². The number of hydrogen-bond donors (Lipinski definition) is 1. The van der Waals surface area contributed by atoms with Gasteiger partial charge in [0.25, 0.3) is 0 Å². The predicted molar refractivity (Wildman–Crippen MR) is 95.8 cm³/mol. The standard InChI is InChI=1S/C10H9N2.C10H7NO2.Ir/c1-9-7-11-12(8-9)10-5-3-2-4-6-10;12-10(13)9-5-7-3-1-2-4-8(7)6-11-9;/h2-5,7-8H,1H3;1-6H,(H,12,13);/q-1;;. The second-order valence-corrected chi connectivity index (χ2v) is 5.43. The molecule has 0 aliphatic heterocycles. The van der Waals surface area contributed by atoms with E-state index in [0.29, 0.717) is 0 Å². The molecular formula is C20H16IrN3O2-. The maximum Gasteiger partial charge on any atom is 0.354 e. The van der Waals surface area contributed by atoms with Gasteiger partial charge in [-0.3, -0.25) is 4.68 Å². The van der Waals surface area contributed by atoms with Crippen LogP contribution < -0.4 is 0 Å². The van der Waals surface area contributed by atoms with Crippen LogP contribution in [0.2, 0.25) is 0 Å². The van der Waals surface area contributed by atoms with Crippen molar-refractivity contribution in [2.24, 2.45) is 0 Å². The van der Waals surface area contributed by atoms with Crippen LogP contribution in [0.25, 0.3) is 16.5 Å². The van der Waals surface area contributed by atoms with Gasteiger partial charge in [0.05, 0.1) is 6.20 Å². The number of aromatic nitrogens is 3. The van der Waals surface area contributed by atoms with Gasteiger partial charge in [0.15, 0.2) is 0 Å². The third-order valence-electron chi connectivity index (χ3n) is 3.50. The van der Waals surface area contributed by atoms with Crippen LogP contribution in [-0.2, 0) is 20.1 Å². The quantitative estimate of drug-likeness (QED) is 0.406. The number of rotatable bonds is 2. The molecule has 0 amide bonds. The Morgan fingerprint density at radius 3 is 2.42 bits per heavy atom. The zero-order valence-electron chi connectivity index (χ0n) is 14.0. The molecule has 1 N–H and O–H groups in total. The first kappa shape index (κ1) is 19.5. The molecule has 2 aromatic carbocycles. The van der Waals surface area contributed by atoms with E-state index in [0.717, 1.165) is 22.0 Å². The number of hydrogen-bond acceptors (Lipinski definition) is 3. The summed E-state index contributed by atoms with van der Waals surface area (Å²) in [6.45, 7) is 2.02. The number of pyridine rings is 1. The minimum atomic E-state index is -0.995. The Balaban J connectivity index is 0.000000180. The van der Waals surface area contributed by atoms with Crippen LogP contribution in [-0.4, -0.2) is 25.8 Å². The van der Waals surface area contributed by atoms with Gasteiger partial charge in [-0.2, -0.15) is 29.4 Å². The van der Waals surface area contributed by atoms with Crippen molar-refractivity contribution >= 4 is 16.7 Å². The Morgan fingerprint density at radius 2 is 1.81 bits per heavy atom. The van der Waals surface area contributed by atoms with E-state index in [9.17, 15) is 4.79 Å². The van der Waals surface area contributed by atoms with Gasteiger partial charge in [0, 0.05) is 37.9 Å². The van der Waals surface area contributed by atoms with Crippen molar-refractivity contribution < 1.29 is 30.0 Å². The van der Waals surface area contributed by atoms with Crippen LogP contribution in [0.1, 0.15) is 16.1 Å². The van der Waals surface area contributed by atoms with E-state index < -0.39 is 5.97 Å². The molecule has 0 unspecified atom stereocenters. The van der Waals surface area contributed by atoms with Crippen molar-refractivity contribution in [2.45, 2.75) is 6.92 Å². The van der Waals surface area contributed by atoms with Crippen molar-refractivity contribution in [3.8, 4) is 5.69 Å². The van der Waals surface area contributed by atoms with Crippen LogP contribution >= 0.6 is 0 Å². The zero-order chi connectivity index (χ0) is 17.6. The summed E-state index contributed by atoms with van der Waals surface area (Å²) in [6, 6.07) is 20.0. The molecule has 2 aromatic heterocycles. The van der Waals surface area contributed by atoms with Crippen molar-refractivity contribution in [3.63, 3.8) is 0 Å². The van der Waals surface area contributed by atoms with E-state index in [2.05, 4.69) is 16.1 Å². The summed E-state index contributed by atoms with van der Waals surface area (Å²) in [5.74, 6) is -0.995. The smallest absolute Gasteiger partial charge is 0.354 e. The Bertz CT molecular complexity index is 1000. The molecule has 26 heavy (non-hydrogen) atoms. The third kappa shape index (κ3) is 4.85. The molecule has 6 heteroatoms. The molecule has 0 aliphatic rings. The first-order valence-electron chi connectivity index (χ1n) is 7.70. The molecule has 0 fully saturated rings. The largest absolute Gasteiger partial charge is 0.477 e. The molecule has 133 valence electrons. The van der Waals surface area contributed by atoms with E-state index >= 15 is 0 Å². The fourth-order valence-electron chi connectivity index (χ4n) is 2.27. The monoisotopic (exact) mass is 523 g/mol. The number of benzene rings is 2. The third-order valence-corrected chi connectivity index (χ3v) is 3.50. The minimum Gasteiger partial charge on any atom is -0.477 e. The molecule has 0 atom stereocenters. The van der Waals surface area contributed by atoms with Gasteiger partial charge in [-0.25, -0.2) is 9.78 Å². The van der Waals surface area contributed by atoms with Gasteiger partial charge in [-0.05, 0) is 29.6 Å². The number of carboxylic acid groups (broad SMARTS) is 1. The summed E-state index contributed by atoms with van der Waals surface area (Å²) < 4.78 is 1.81. The average molecular weight is 523 g/mol. The van der Waals surface area contributed by atoms with E-state index in [1.807, 2.05) is 72.5 Å². The SMILES string of the molecule is Cc1cnn(-c2[c-]cccc2)c1.O=C(O)c1cc2ccccc2cn1.[Ir]. The zero-order valence-corrected chi connectivity index (χ0v) is 16.4. The number of para-hydroxylation sites is 1. The Kier molecular flexibility index (Phi) is 6.78. The number of carboxylic acids is 1. The maximum atomic E-state index is 10.6. The van der Waals surface area contributed by atoms with Gasteiger partial charge in [0.1, 0.15) is 5.69 Å². The molecule has 4 aromatic rings.